The van der Waals surface area contributed by atoms with Crippen LogP contribution in [0, 0.1) is 17.8 Å². The van der Waals surface area contributed by atoms with Crippen LogP contribution in [0.25, 0.3) is 0 Å². The molecule has 3 heteroatoms. The lowest BCUT2D eigenvalue weighted by molar-refractivity contribution is -0.131. The molecule has 0 aromatic carbocycles. The fourth-order valence-electron chi connectivity index (χ4n) is 4.51. The number of fused-ring (bicyclic) bond motifs is 2. The highest BCUT2D eigenvalue weighted by Gasteiger charge is 2.46. The van der Waals surface area contributed by atoms with Gasteiger partial charge in [0.05, 0.1) is 12.7 Å². The first-order valence-corrected chi connectivity index (χ1v) is 7.25. The minimum atomic E-state index is 0.289. The molecule has 5 unspecified atom stereocenters. The molecule has 2 bridgehead atoms. The molecule has 5 atom stereocenters. The van der Waals surface area contributed by atoms with Crippen molar-refractivity contribution in [2.24, 2.45) is 17.8 Å². The molecule has 2 aliphatic carbocycles. The molecule has 1 N–H and O–H groups in total. The molecule has 1 saturated heterocycles. The fourth-order valence-corrected chi connectivity index (χ4v) is 4.51. The van der Waals surface area contributed by atoms with Crippen LogP contribution in [0.3, 0.4) is 0 Å². The van der Waals surface area contributed by atoms with Gasteiger partial charge in [0.15, 0.2) is 0 Å². The zero-order valence-electron chi connectivity index (χ0n) is 11.0. The molecule has 1 aliphatic heterocycles. The highest BCUT2D eigenvalue weighted by molar-refractivity contribution is 5.81. The Balaban J connectivity index is 1.72. The number of amides is 1. The second kappa shape index (κ2) is 4.27. The number of hydrogen-bond acceptors (Lipinski definition) is 2. The molecule has 0 aromatic heterocycles. The second-order valence-electron chi connectivity index (χ2n) is 6.19. The summed E-state index contributed by atoms with van der Waals surface area (Å²) >= 11 is 0. The van der Waals surface area contributed by atoms with Crippen molar-refractivity contribution in [1.82, 2.24) is 10.2 Å². The van der Waals surface area contributed by atoms with E-state index in [0.29, 0.717) is 18.5 Å². The zero-order chi connectivity index (χ0) is 12.0. The summed E-state index contributed by atoms with van der Waals surface area (Å²) in [6.07, 6.45) is 6.96. The topological polar surface area (TPSA) is 32.3 Å². The predicted molar refractivity (Wildman–Crippen MR) is 67.3 cm³/mol. The minimum Gasteiger partial charge on any atom is -0.323 e. The van der Waals surface area contributed by atoms with E-state index in [-0.39, 0.29) is 6.17 Å². The average Bonchev–Trinajstić information content (AvgIpc) is 3.01. The van der Waals surface area contributed by atoms with Gasteiger partial charge in [-0.15, -0.1) is 0 Å². The average molecular weight is 236 g/mol. The quantitative estimate of drug-likeness (QED) is 0.812. The third-order valence-corrected chi connectivity index (χ3v) is 5.35. The third-order valence-electron chi connectivity index (χ3n) is 5.35. The van der Waals surface area contributed by atoms with Crippen LogP contribution >= 0.6 is 0 Å². The van der Waals surface area contributed by atoms with Gasteiger partial charge in [0.2, 0.25) is 5.91 Å². The van der Waals surface area contributed by atoms with Crippen molar-refractivity contribution in [2.45, 2.75) is 58.2 Å². The Kier molecular flexibility index (Phi) is 2.89. The van der Waals surface area contributed by atoms with Gasteiger partial charge in [-0.3, -0.25) is 10.1 Å². The number of rotatable bonds is 3. The third kappa shape index (κ3) is 1.79. The van der Waals surface area contributed by atoms with Gasteiger partial charge in [-0.2, -0.15) is 0 Å². The van der Waals surface area contributed by atoms with E-state index in [9.17, 15) is 4.79 Å². The van der Waals surface area contributed by atoms with E-state index in [0.717, 1.165) is 24.2 Å². The van der Waals surface area contributed by atoms with E-state index in [4.69, 9.17) is 0 Å². The van der Waals surface area contributed by atoms with Gasteiger partial charge in [-0.25, -0.2) is 0 Å². The summed E-state index contributed by atoms with van der Waals surface area (Å²) in [5, 5.41) is 3.33. The fraction of sp³-hybridized carbons (Fsp3) is 0.929. The Morgan fingerprint density at radius 1 is 1.41 bits per heavy atom. The molecule has 3 nitrogen and oxygen atoms in total. The molecule has 0 radical (unpaired) electrons. The first-order valence-electron chi connectivity index (χ1n) is 7.25. The van der Waals surface area contributed by atoms with E-state index in [1.54, 1.807) is 0 Å². The van der Waals surface area contributed by atoms with Crippen molar-refractivity contribution in [2.75, 3.05) is 6.54 Å². The molecule has 3 aliphatic rings. The molecular formula is C14H24N2O. The summed E-state index contributed by atoms with van der Waals surface area (Å²) in [6.45, 7) is 4.99. The highest BCUT2D eigenvalue weighted by Crippen LogP contribution is 2.50. The number of hydrogen-bond donors (Lipinski definition) is 1. The summed E-state index contributed by atoms with van der Waals surface area (Å²) in [6, 6.07) is 0.442. The van der Waals surface area contributed by atoms with Crippen LogP contribution < -0.4 is 5.32 Å². The second-order valence-corrected chi connectivity index (χ2v) is 6.19. The van der Waals surface area contributed by atoms with Gasteiger partial charge in [-0.05, 0) is 50.4 Å². The van der Waals surface area contributed by atoms with Gasteiger partial charge in [0.25, 0.3) is 0 Å². The first kappa shape index (κ1) is 11.5. The van der Waals surface area contributed by atoms with E-state index in [1.165, 1.54) is 25.7 Å². The smallest absolute Gasteiger partial charge is 0.238 e. The summed E-state index contributed by atoms with van der Waals surface area (Å²) in [7, 11) is 0. The monoisotopic (exact) mass is 236 g/mol. The van der Waals surface area contributed by atoms with Crippen molar-refractivity contribution in [3.8, 4) is 0 Å². The SMILES string of the molecule is CCC1NCC(=O)N1C(C)C1CC2CCC1C2. The summed E-state index contributed by atoms with van der Waals surface area (Å²) in [5.74, 6) is 2.96. The Morgan fingerprint density at radius 2 is 2.24 bits per heavy atom. The predicted octanol–water partition coefficient (Wildman–Crippen LogP) is 1.98. The van der Waals surface area contributed by atoms with Crippen molar-refractivity contribution in [3.63, 3.8) is 0 Å². The number of carbonyl (C=O) groups excluding carboxylic acids is 1. The highest BCUT2D eigenvalue weighted by atomic mass is 16.2. The Labute approximate surface area is 104 Å². The largest absolute Gasteiger partial charge is 0.323 e. The molecule has 1 amide bonds. The van der Waals surface area contributed by atoms with E-state index in [1.807, 2.05) is 0 Å². The molecule has 96 valence electrons. The molecule has 17 heavy (non-hydrogen) atoms. The van der Waals surface area contributed by atoms with Crippen molar-refractivity contribution in [1.29, 1.82) is 0 Å². The van der Waals surface area contributed by atoms with Gasteiger partial charge in [-0.1, -0.05) is 13.3 Å². The summed E-state index contributed by atoms with van der Waals surface area (Å²) < 4.78 is 0. The standard InChI is InChI=1S/C14H24N2O/c1-3-13-15-8-14(17)16(13)9(2)12-7-10-4-5-11(12)6-10/h9-13,15H,3-8H2,1-2H3. The van der Waals surface area contributed by atoms with Crippen molar-refractivity contribution in [3.05, 3.63) is 0 Å². The van der Waals surface area contributed by atoms with Gasteiger partial charge in [0.1, 0.15) is 0 Å². The van der Waals surface area contributed by atoms with Crippen LogP contribution in [-0.4, -0.2) is 29.6 Å². The maximum atomic E-state index is 12.0. The zero-order valence-corrected chi connectivity index (χ0v) is 11.0. The minimum absolute atomic E-state index is 0.289. The molecule has 3 rings (SSSR count). The van der Waals surface area contributed by atoms with Gasteiger partial charge >= 0.3 is 0 Å². The molecule has 2 saturated carbocycles. The molecule has 0 spiro atoms. The van der Waals surface area contributed by atoms with Crippen LogP contribution in [-0.2, 0) is 4.79 Å². The molecular weight excluding hydrogens is 212 g/mol. The lowest BCUT2D eigenvalue weighted by atomic mass is 9.83. The van der Waals surface area contributed by atoms with Crippen LogP contribution in [0.15, 0.2) is 0 Å². The maximum absolute atomic E-state index is 12.0. The van der Waals surface area contributed by atoms with Gasteiger partial charge in [0, 0.05) is 6.04 Å². The van der Waals surface area contributed by atoms with Crippen molar-refractivity contribution < 1.29 is 4.79 Å². The van der Waals surface area contributed by atoms with Crippen LogP contribution in [0.1, 0.15) is 46.0 Å². The Morgan fingerprint density at radius 3 is 2.82 bits per heavy atom. The first-order chi connectivity index (χ1) is 8.20. The summed E-state index contributed by atoms with van der Waals surface area (Å²) in [5.41, 5.74) is 0. The lowest BCUT2D eigenvalue weighted by Gasteiger charge is -2.37. The van der Waals surface area contributed by atoms with E-state index >= 15 is 0 Å². The maximum Gasteiger partial charge on any atom is 0.238 e. The Bertz CT molecular complexity index is 317. The number of carbonyl (C=O) groups is 1. The van der Waals surface area contributed by atoms with Crippen LogP contribution in [0.2, 0.25) is 0 Å². The van der Waals surface area contributed by atoms with Gasteiger partial charge < -0.3 is 4.90 Å². The summed E-state index contributed by atoms with van der Waals surface area (Å²) in [4.78, 5) is 14.2. The van der Waals surface area contributed by atoms with Crippen LogP contribution in [0.4, 0.5) is 0 Å². The van der Waals surface area contributed by atoms with Crippen molar-refractivity contribution >= 4 is 5.91 Å². The lowest BCUT2D eigenvalue weighted by Crippen LogP contribution is -2.47. The molecule has 0 aromatic rings. The number of nitrogens with zero attached hydrogens (tertiary/aromatic N) is 1. The Hall–Kier alpha value is -0.570. The molecule has 3 fully saturated rings. The number of nitrogens with one attached hydrogen (secondary N) is 1. The molecule has 1 heterocycles. The van der Waals surface area contributed by atoms with Crippen LogP contribution in [0.5, 0.6) is 0 Å². The van der Waals surface area contributed by atoms with E-state index < -0.39 is 0 Å². The van der Waals surface area contributed by atoms with E-state index in [2.05, 4.69) is 24.1 Å². The normalized spacial score (nSPS) is 42.5.